The Hall–Kier alpha value is -1.91. The molecule has 1 amide bonds. The molecule has 1 atom stereocenters. The van der Waals surface area contributed by atoms with Gasteiger partial charge in [-0.25, -0.2) is 0 Å². The molecule has 0 fully saturated rings. The number of benzene rings is 1. The van der Waals surface area contributed by atoms with E-state index in [1.165, 1.54) is 0 Å². The molecule has 2 aromatic rings. The van der Waals surface area contributed by atoms with Crippen molar-refractivity contribution in [2.24, 2.45) is 5.41 Å². The van der Waals surface area contributed by atoms with E-state index in [0.29, 0.717) is 22.0 Å². The van der Waals surface area contributed by atoms with E-state index in [9.17, 15) is 9.90 Å². The number of carbonyl (C=O) groups excluding carboxylic acids is 1. The molecule has 0 radical (unpaired) electrons. The molecule has 0 aliphatic rings. The van der Waals surface area contributed by atoms with Crippen LogP contribution in [0.4, 0.5) is 5.69 Å². The van der Waals surface area contributed by atoms with Crippen molar-refractivity contribution in [3.63, 3.8) is 0 Å². The zero-order valence-corrected chi connectivity index (χ0v) is 13.6. The zero-order valence-electron chi connectivity index (χ0n) is 12.8. The Morgan fingerprint density at radius 3 is 2.59 bits per heavy atom. The van der Waals surface area contributed by atoms with Crippen molar-refractivity contribution in [1.29, 1.82) is 0 Å². The average molecular weight is 319 g/mol. The highest BCUT2D eigenvalue weighted by Crippen LogP contribution is 2.31. The first-order valence-corrected chi connectivity index (χ1v) is 7.37. The molecular weight excluding hydrogens is 300 g/mol. The van der Waals surface area contributed by atoms with Crippen molar-refractivity contribution >= 4 is 23.2 Å². The predicted octanol–water partition coefficient (Wildman–Crippen LogP) is 3.80. The van der Waals surface area contributed by atoms with E-state index in [0.717, 1.165) is 0 Å². The molecule has 0 bridgehead atoms. The van der Waals surface area contributed by atoms with E-state index < -0.39 is 11.5 Å². The summed E-state index contributed by atoms with van der Waals surface area (Å²) >= 11 is 6.03. The number of halogens is 1. The van der Waals surface area contributed by atoms with E-state index in [1.54, 1.807) is 42.6 Å². The molecule has 5 heteroatoms. The summed E-state index contributed by atoms with van der Waals surface area (Å²) in [6.07, 6.45) is 0.645. The van der Waals surface area contributed by atoms with E-state index >= 15 is 0 Å². The fourth-order valence-electron chi connectivity index (χ4n) is 1.88. The van der Waals surface area contributed by atoms with Crippen molar-refractivity contribution in [2.75, 3.05) is 5.32 Å². The first kappa shape index (κ1) is 16.5. The number of hydrogen-bond acceptors (Lipinski definition) is 3. The largest absolute Gasteiger partial charge is 0.382 e. The molecule has 1 unspecified atom stereocenters. The number of amides is 1. The maximum absolute atomic E-state index is 12.2. The third-order valence-corrected chi connectivity index (χ3v) is 3.44. The standard InChI is InChI=1S/C17H19ClN2O2/c1-17(2,3)16(22)20-13-8-7-11(18)10-12(13)15(21)14-6-4-5-9-19-14/h4-10,15,21H,1-3H3,(H,20,22). The highest BCUT2D eigenvalue weighted by atomic mass is 35.5. The van der Waals surface area contributed by atoms with Crippen LogP contribution in [0.15, 0.2) is 42.6 Å². The maximum Gasteiger partial charge on any atom is 0.229 e. The summed E-state index contributed by atoms with van der Waals surface area (Å²) in [6, 6.07) is 10.3. The molecule has 0 spiro atoms. The van der Waals surface area contributed by atoms with Crippen LogP contribution in [-0.2, 0) is 4.79 Å². The second-order valence-corrected chi connectivity index (χ2v) is 6.53. The molecule has 0 aliphatic heterocycles. The normalized spacial score (nSPS) is 12.8. The summed E-state index contributed by atoms with van der Waals surface area (Å²) in [5.74, 6) is -0.135. The third-order valence-electron chi connectivity index (χ3n) is 3.21. The number of carbonyl (C=O) groups is 1. The lowest BCUT2D eigenvalue weighted by Crippen LogP contribution is -2.28. The van der Waals surface area contributed by atoms with Gasteiger partial charge in [-0.2, -0.15) is 0 Å². The molecule has 1 aromatic heterocycles. The number of pyridine rings is 1. The van der Waals surface area contributed by atoms with Gasteiger partial charge in [0.25, 0.3) is 0 Å². The van der Waals surface area contributed by atoms with Crippen molar-refractivity contribution in [3.05, 3.63) is 58.9 Å². The number of nitrogens with zero attached hydrogens (tertiary/aromatic N) is 1. The Morgan fingerprint density at radius 2 is 2.00 bits per heavy atom. The Labute approximate surface area is 135 Å². The summed E-state index contributed by atoms with van der Waals surface area (Å²) in [6.45, 7) is 5.48. The predicted molar refractivity (Wildman–Crippen MR) is 87.8 cm³/mol. The second kappa shape index (κ2) is 6.46. The number of hydrogen-bond donors (Lipinski definition) is 2. The number of aromatic nitrogens is 1. The van der Waals surface area contributed by atoms with Crippen LogP contribution in [0, 0.1) is 5.41 Å². The smallest absolute Gasteiger partial charge is 0.229 e. The minimum absolute atomic E-state index is 0.135. The zero-order chi connectivity index (χ0) is 16.3. The molecular formula is C17H19ClN2O2. The Morgan fingerprint density at radius 1 is 1.27 bits per heavy atom. The highest BCUT2D eigenvalue weighted by Gasteiger charge is 2.24. The van der Waals surface area contributed by atoms with Crippen LogP contribution >= 0.6 is 11.6 Å². The van der Waals surface area contributed by atoms with Crippen molar-refractivity contribution in [3.8, 4) is 0 Å². The van der Waals surface area contributed by atoms with Gasteiger partial charge in [0.1, 0.15) is 6.10 Å². The molecule has 2 rings (SSSR count). The summed E-state index contributed by atoms with van der Waals surface area (Å²) in [5.41, 5.74) is 1.01. The van der Waals surface area contributed by atoms with Gasteiger partial charge in [0.2, 0.25) is 5.91 Å². The Bertz CT molecular complexity index is 666. The maximum atomic E-state index is 12.2. The van der Waals surface area contributed by atoms with Gasteiger partial charge in [-0.3, -0.25) is 9.78 Å². The minimum atomic E-state index is -0.963. The molecule has 4 nitrogen and oxygen atoms in total. The lowest BCUT2D eigenvalue weighted by Gasteiger charge is -2.21. The van der Waals surface area contributed by atoms with Crippen molar-refractivity contribution in [1.82, 2.24) is 4.98 Å². The van der Waals surface area contributed by atoms with Crippen LogP contribution in [0.25, 0.3) is 0 Å². The van der Waals surface area contributed by atoms with Crippen molar-refractivity contribution < 1.29 is 9.90 Å². The number of nitrogens with one attached hydrogen (secondary N) is 1. The number of anilines is 1. The molecule has 0 saturated heterocycles. The number of rotatable bonds is 3. The topological polar surface area (TPSA) is 62.2 Å². The van der Waals surface area contributed by atoms with Crippen LogP contribution in [0.3, 0.4) is 0 Å². The van der Waals surface area contributed by atoms with Crippen LogP contribution in [-0.4, -0.2) is 16.0 Å². The SMILES string of the molecule is CC(C)(C)C(=O)Nc1ccc(Cl)cc1C(O)c1ccccn1. The summed E-state index contributed by atoms with van der Waals surface area (Å²) in [4.78, 5) is 16.3. The van der Waals surface area contributed by atoms with Gasteiger partial charge < -0.3 is 10.4 Å². The van der Waals surface area contributed by atoms with Crippen LogP contribution < -0.4 is 5.32 Å². The van der Waals surface area contributed by atoms with Gasteiger partial charge in [0.15, 0.2) is 0 Å². The molecule has 1 heterocycles. The first-order chi connectivity index (χ1) is 10.3. The van der Waals surface area contributed by atoms with Crippen molar-refractivity contribution in [2.45, 2.75) is 26.9 Å². The quantitative estimate of drug-likeness (QED) is 0.904. The summed E-state index contributed by atoms with van der Waals surface area (Å²) in [5, 5.41) is 13.9. The van der Waals surface area contributed by atoms with Crippen LogP contribution in [0.5, 0.6) is 0 Å². The fourth-order valence-corrected chi connectivity index (χ4v) is 2.06. The fraction of sp³-hybridized carbons (Fsp3) is 0.294. The highest BCUT2D eigenvalue weighted by molar-refractivity contribution is 6.30. The number of aliphatic hydroxyl groups excluding tert-OH is 1. The van der Waals surface area contributed by atoms with E-state index in [4.69, 9.17) is 11.6 Å². The van der Waals surface area contributed by atoms with Crippen LogP contribution in [0.2, 0.25) is 5.02 Å². The monoisotopic (exact) mass is 318 g/mol. The van der Waals surface area contributed by atoms with Gasteiger partial charge in [-0.05, 0) is 30.3 Å². The average Bonchev–Trinajstić information content (AvgIpc) is 2.48. The lowest BCUT2D eigenvalue weighted by molar-refractivity contribution is -0.123. The molecule has 1 aromatic carbocycles. The van der Waals surface area contributed by atoms with Gasteiger partial charge in [0.05, 0.1) is 5.69 Å². The molecule has 22 heavy (non-hydrogen) atoms. The number of aliphatic hydroxyl groups is 1. The summed E-state index contributed by atoms with van der Waals surface area (Å²) < 4.78 is 0. The Kier molecular flexibility index (Phi) is 4.84. The second-order valence-electron chi connectivity index (χ2n) is 6.09. The molecule has 0 saturated carbocycles. The van der Waals surface area contributed by atoms with Gasteiger partial charge in [0, 0.05) is 27.9 Å². The minimum Gasteiger partial charge on any atom is -0.382 e. The lowest BCUT2D eigenvalue weighted by atomic mass is 9.95. The van der Waals surface area contributed by atoms with E-state index in [-0.39, 0.29) is 5.91 Å². The molecule has 2 N–H and O–H groups in total. The van der Waals surface area contributed by atoms with Gasteiger partial charge in [-0.15, -0.1) is 0 Å². The Balaban J connectivity index is 2.38. The van der Waals surface area contributed by atoms with E-state index in [2.05, 4.69) is 10.3 Å². The van der Waals surface area contributed by atoms with E-state index in [1.807, 2.05) is 20.8 Å². The first-order valence-electron chi connectivity index (χ1n) is 6.99. The van der Waals surface area contributed by atoms with Gasteiger partial charge >= 0.3 is 0 Å². The van der Waals surface area contributed by atoms with Crippen LogP contribution in [0.1, 0.15) is 38.1 Å². The molecule has 116 valence electrons. The summed E-state index contributed by atoms with van der Waals surface area (Å²) in [7, 11) is 0. The molecule has 0 aliphatic carbocycles. The third kappa shape index (κ3) is 3.84. The van der Waals surface area contributed by atoms with Gasteiger partial charge in [-0.1, -0.05) is 38.4 Å².